The van der Waals surface area contributed by atoms with Gasteiger partial charge in [0, 0.05) is 0 Å². The van der Waals surface area contributed by atoms with Gasteiger partial charge in [0.1, 0.15) is 5.02 Å². The van der Waals surface area contributed by atoms with Crippen LogP contribution in [0.15, 0.2) is 11.0 Å². The molecule has 1 atom stereocenters. The molecule has 1 heterocycles. The molecule has 0 aromatic carbocycles. The molecule has 94 valence electrons. The Labute approximate surface area is 102 Å². The van der Waals surface area contributed by atoms with Crippen molar-refractivity contribution in [2.24, 2.45) is 0 Å². The van der Waals surface area contributed by atoms with Gasteiger partial charge >= 0.3 is 5.97 Å². The van der Waals surface area contributed by atoms with Crippen LogP contribution in [-0.2, 0) is 9.53 Å². The van der Waals surface area contributed by atoms with E-state index in [2.05, 4.69) is 5.10 Å². The van der Waals surface area contributed by atoms with E-state index in [0.717, 1.165) is 10.9 Å². The van der Waals surface area contributed by atoms with Gasteiger partial charge in [0.2, 0.25) is 0 Å². The molecule has 0 aliphatic heterocycles. The number of esters is 1. The maximum absolute atomic E-state index is 12.9. The zero-order chi connectivity index (χ0) is 13.0. The van der Waals surface area contributed by atoms with E-state index in [1.165, 1.54) is 0 Å². The molecule has 0 aliphatic rings. The fourth-order valence-corrected chi connectivity index (χ4v) is 1.42. The summed E-state index contributed by atoms with van der Waals surface area (Å²) in [6.07, 6.45) is 0.814. The van der Waals surface area contributed by atoms with E-state index in [0.29, 0.717) is 0 Å². The van der Waals surface area contributed by atoms with Gasteiger partial charge in [-0.25, -0.2) is 9.07 Å². The molecule has 0 amide bonds. The molecule has 17 heavy (non-hydrogen) atoms. The van der Waals surface area contributed by atoms with E-state index in [1.54, 1.807) is 13.8 Å². The Morgan fingerprint density at radius 1 is 1.71 bits per heavy atom. The van der Waals surface area contributed by atoms with Crippen molar-refractivity contribution in [1.29, 1.82) is 0 Å². The molecule has 7 heteroatoms. The fourth-order valence-electron chi connectivity index (χ4n) is 1.29. The molecular weight excluding hydrogens is 251 g/mol. The van der Waals surface area contributed by atoms with Crippen LogP contribution < -0.4 is 5.56 Å². The van der Waals surface area contributed by atoms with Crippen molar-refractivity contribution in [3.8, 4) is 0 Å². The SMILES string of the molecule is CCOC(=O)CC(C)n1ncc(F)c(Cl)c1=O. The number of rotatable bonds is 4. The average molecular weight is 263 g/mol. The normalized spacial score (nSPS) is 12.2. The number of hydrogen-bond donors (Lipinski definition) is 0. The lowest BCUT2D eigenvalue weighted by Gasteiger charge is -2.12. The highest BCUT2D eigenvalue weighted by atomic mass is 35.5. The molecule has 5 nitrogen and oxygen atoms in total. The Bertz CT molecular complexity index is 475. The van der Waals surface area contributed by atoms with Crippen molar-refractivity contribution in [3.05, 3.63) is 27.4 Å². The summed E-state index contributed by atoms with van der Waals surface area (Å²) in [5, 5.41) is 3.06. The highest BCUT2D eigenvalue weighted by Crippen LogP contribution is 2.11. The third-order valence-corrected chi connectivity index (χ3v) is 2.43. The van der Waals surface area contributed by atoms with Crippen LogP contribution in [0.25, 0.3) is 0 Å². The number of ether oxygens (including phenoxy) is 1. The predicted octanol–water partition coefficient (Wildman–Crippen LogP) is 1.55. The van der Waals surface area contributed by atoms with Gasteiger partial charge in [-0.15, -0.1) is 0 Å². The van der Waals surface area contributed by atoms with E-state index in [-0.39, 0.29) is 13.0 Å². The summed E-state index contributed by atoms with van der Waals surface area (Å²) in [6, 6.07) is -0.542. The van der Waals surface area contributed by atoms with E-state index in [1.807, 2.05) is 0 Å². The molecule has 1 aromatic heterocycles. The average Bonchev–Trinajstić information content (AvgIpc) is 2.26. The largest absolute Gasteiger partial charge is 0.466 e. The summed E-state index contributed by atoms with van der Waals surface area (Å²) in [6.45, 7) is 3.54. The van der Waals surface area contributed by atoms with Crippen molar-refractivity contribution in [3.63, 3.8) is 0 Å². The number of aromatic nitrogens is 2. The van der Waals surface area contributed by atoms with Gasteiger partial charge in [0.05, 0.1) is 25.3 Å². The summed E-state index contributed by atoms with van der Waals surface area (Å²) in [5.74, 6) is -1.33. The molecule has 1 aromatic rings. The zero-order valence-corrected chi connectivity index (χ0v) is 10.2. The standard InChI is InChI=1S/C10H12ClFN2O3/c1-3-17-8(15)4-6(2)14-10(16)9(11)7(12)5-13-14/h5-6H,3-4H2,1-2H3. The topological polar surface area (TPSA) is 61.2 Å². The fraction of sp³-hybridized carbons (Fsp3) is 0.500. The van der Waals surface area contributed by atoms with Crippen molar-refractivity contribution in [1.82, 2.24) is 9.78 Å². The highest BCUT2D eigenvalue weighted by Gasteiger charge is 2.17. The minimum atomic E-state index is -0.878. The monoisotopic (exact) mass is 262 g/mol. The molecule has 0 N–H and O–H groups in total. The lowest BCUT2D eigenvalue weighted by molar-refractivity contribution is -0.144. The first kappa shape index (κ1) is 13.6. The van der Waals surface area contributed by atoms with Crippen LogP contribution in [0, 0.1) is 5.82 Å². The molecule has 0 saturated carbocycles. The van der Waals surface area contributed by atoms with Gasteiger partial charge in [0.25, 0.3) is 5.56 Å². The zero-order valence-electron chi connectivity index (χ0n) is 9.44. The van der Waals surface area contributed by atoms with Crippen molar-refractivity contribution < 1.29 is 13.9 Å². The van der Waals surface area contributed by atoms with Crippen LogP contribution in [0.4, 0.5) is 4.39 Å². The molecule has 0 fully saturated rings. The predicted molar refractivity (Wildman–Crippen MR) is 59.4 cm³/mol. The lowest BCUT2D eigenvalue weighted by atomic mass is 10.2. The Balaban J connectivity index is 2.90. The number of hydrogen-bond acceptors (Lipinski definition) is 4. The van der Waals surface area contributed by atoms with Crippen LogP contribution in [-0.4, -0.2) is 22.4 Å². The summed E-state index contributed by atoms with van der Waals surface area (Å²) >= 11 is 5.46. The van der Waals surface area contributed by atoms with Crippen molar-refractivity contribution in [2.45, 2.75) is 26.3 Å². The first-order valence-electron chi connectivity index (χ1n) is 5.05. The summed E-state index contributed by atoms with van der Waals surface area (Å²) in [7, 11) is 0. The van der Waals surface area contributed by atoms with Crippen LogP contribution in [0.3, 0.4) is 0 Å². The maximum Gasteiger partial charge on any atom is 0.307 e. The molecule has 1 unspecified atom stereocenters. The Morgan fingerprint density at radius 2 is 2.35 bits per heavy atom. The molecule has 0 bridgehead atoms. The number of halogens is 2. The van der Waals surface area contributed by atoms with E-state index < -0.39 is 28.4 Å². The summed E-state index contributed by atoms with van der Waals surface area (Å²) < 4.78 is 18.6. The van der Waals surface area contributed by atoms with E-state index in [4.69, 9.17) is 16.3 Å². The van der Waals surface area contributed by atoms with Gasteiger partial charge in [-0.3, -0.25) is 9.59 Å². The second-order valence-electron chi connectivity index (χ2n) is 3.41. The smallest absolute Gasteiger partial charge is 0.307 e. The summed E-state index contributed by atoms with van der Waals surface area (Å²) in [5.41, 5.74) is -0.761. The third-order valence-electron chi connectivity index (χ3n) is 2.09. The maximum atomic E-state index is 12.9. The Hall–Kier alpha value is -1.43. The van der Waals surface area contributed by atoms with E-state index in [9.17, 15) is 14.0 Å². The highest BCUT2D eigenvalue weighted by molar-refractivity contribution is 6.30. The van der Waals surface area contributed by atoms with Gasteiger partial charge < -0.3 is 4.74 Å². The van der Waals surface area contributed by atoms with Crippen LogP contribution in [0.5, 0.6) is 0 Å². The molecule has 1 rings (SSSR count). The Kier molecular flexibility index (Phi) is 4.62. The number of nitrogens with zero attached hydrogens (tertiary/aromatic N) is 2. The third kappa shape index (κ3) is 3.26. The molecule has 0 saturated heterocycles. The van der Waals surface area contributed by atoms with Crippen LogP contribution in [0.1, 0.15) is 26.3 Å². The first-order chi connectivity index (χ1) is 7.97. The number of carbonyl (C=O) groups is 1. The lowest BCUT2D eigenvalue weighted by Crippen LogP contribution is -2.28. The van der Waals surface area contributed by atoms with Crippen LogP contribution >= 0.6 is 11.6 Å². The van der Waals surface area contributed by atoms with E-state index >= 15 is 0 Å². The molecular formula is C10H12ClFN2O3. The van der Waals surface area contributed by atoms with Gasteiger partial charge in [0.15, 0.2) is 5.82 Å². The molecule has 0 aliphatic carbocycles. The van der Waals surface area contributed by atoms with Gasteiger partial charge in [-0.05, 0) is 13.8 Å². The van der Waals surface area contributed by atoms with Crippen molar-refractivity contribution in [2.75, 3.05) is 6.61 Å². The number of carbonyl (C=O) groups excluding carboxylic acids is 1. The minimum absolute atomic E-state index is 0.0251. The second-order valence-corrected chi connectivity index (χ2v) is 3.79. The van der Waals surface area contributed by atoms with Gasteiger partial charge in [-0.1, -0.05) is 11.6 Å². The quantitative estimate of drug-likeness (QED) is 0.773. The first-order valence-corrected chi connectivity index (χ1v) is 5.43. The Morgan fingerprint density at radius 3 is 2.94 bits per heavy atom. The van der Waals surface area contributed by atoms with Crippen LogP contribution in [0.2, 0.25) is 5.02 Å². The second kappa shape index (κ2) is 5.77. The molecule has 0 radical (unpaired) electrons. The van der Waals surface area contributed by atoms with Crippen molar-refractivity contribution >= 4 is 17.6 Å². The minimum Gasteiger partial charge on any atom is -0.466 e. The molecule has 0 spiro atoms. The van der Waals surface area contributed by atoms with Gasteiger partial charge in [-0.2, -0.15) is 5.10 Å². The summed E-state index contributed by atoms with van der Waals surface area (Å²) in [4.78, 5) is 22.8.